The topological polar surface area (TPSA) is 26.3 Å². The summed E-state index contributed by atoms with van der Waals surface area (Å²) in [5.41, 5.74) is 0. The Balaban J connectivity index is 1.94. The standard InChI is InChI=1S/C11H12O2S/c12-11-8-10(6-7-13-11)14-9-4-2-1-3-5-9/h1-5,10H,6-8H2/t10-/m0/s1. The molecule has 2 rings (SSSR count). The van der Waals surface area contributed by atoms with E-state index >= 15 is 0 Å². The van der Waals surface area contributed by atoms with Gasteiger partial charge >= 0.3 is 5.97 Å². The molecule has 0 radical (unpaired) electrons. The Kier molecular flexibility index (Phi) is 3.09. The molecule has 0 saturated carbocycles. The number of cyclic esters (lactones) is 1. The van der Waals surface area contributed by atoms with Crippen molar-refractivity contribution in [3.8, 4) is 0 Å². The van der Waals surface area contributed by atoms with Crippen LogP contribution in [0.25, 0.3) is 0 Å². The monoisotopic (exact) mass is 208 g/mol. The molecule has 14 heavy (non-hydrogen) atoms. The first-order chi connectivity index (χ1) is 6.84. The summed E-state index contributed by atoms with van der Waals surface area (Å²) in [4.78, 5) is 12.3. The van der Waals surface area contributed by atoms with E-state index < -0.39 is 0 Å². The lowest BCUT2D eigenvalue weighted by molar-refractivity contribution is -0.146. The van der Waals surface area contributed by atoms with E-state index in [2.05, 4.69) is 12.1 Å². The van der Waals surface area contributed by atoms with Crippen LogP contribution in [0.5, 0.6) is 0 Å². The SMILES string of the molecule is O=C1C[C@@H](Sc2ccccc2)CCO1. The Labute approximate surface area is 87.6 Å². The van der Waals surface area contributed by atoms with E-state index in [1.54, 1.807) is 11.8 Å². The van der Waals surface area contributed by atoms with Gasteiger partial charge in [-0.15, -0.1) is 11.8 Å². The maximum absolute atomic E-state index is 11.0. The molecule has 3 heteroatoms. The first-order valence-electron chi connectivity index (χ1n) is 4.72. The molecule has 0 unspecified atom stereocenters. The molecule has 1 aromatic rings. The summed E-state index contributed by atoms with van der Waals surface area (Å²) in [6.07, 6.45) is 1.50. The van der Waals surface area contributed by atoms with Crippen molar-refractivity contribution in [1.29, 1.82) is 0 Å². The van der Waals surface area contributed by atoms with Crippen molar-refractivity contribution in [3.63, 3.8) is 0 Å². The number of esters is 1. The lowest BCUT2D eigenvalue weighted by Gasteiger charge is -2.20. The molecule has 0 amide bonds. The van der Waals surface area contributed by atoms with Gasteiger partial charge in [0, 0.05) is 10.1 Å². The molecule has 0 spiro atoms. The fourth-order valence-electron chi connectivity index (χ4n) is 1.44. The molecule has 1 saturated heterocycles. The molecule has 2 nitrogen and oxygen atoms in total. The van der Waals surface area contributed by atoms with E-state index in [9.17, 15) is 4.79 Å². The average Bonchev–Trinajstić information content (AvgIpc) is 2.19. The molecule has 74 valence electrons. The van der Waals surface area contributed by atoms with Gasteiger partial charge in [-0.3, -0.25) is 4.79 Å². The van der Waals surface area contributed by atoms with Gasteiger partial charge in [-0.2, -0.15) is 0 Å². The number of carbonyl (C=O) groups excluding carboxylic acids is 1. The van der Waals surface area contributed by atoms with Crippen molar-refractivity contribution in [2.45, 2.75) is 23.0 Å². The number of ether oxygens (including phenoxy) is 1. The highest BCUT2D eigenvalue weighted by molar-refractivity contribution is 8.00. The van der Waals surface area contributed by atoms with Gasteiger partial charge in [-0.25, -0.2) is 0 Å². The zero-order valence-corrected chi connectivity index (χ0v) is 8.63. The molecular formula is C11H12O2S. The second kappa shape index (κ2) is 4.51. The number of rotatable bonds is 2. The maximum atomic E-state index is 11.0. The Morgan fingerprint density at radius 3 is 2.79 bits per heavy atom. The van der Waals surface area contributed by atoms with Crippen LogP contribution in [-0.4, -0.2) is 17.8 Å². The van der Waals surface area contributed by atoms with E-state index in [4.69, 9.17) is 4.74 Å². The highest BCUT2D eigenvalue weighted by Crippen LogP contribution is 2.29. The molecule has 1 atom stereocenters. The number of hydrogen-bond donors (Lipinski definition) is 0. The van der Waals surface area contributed by atoms with Gasteiger partial charge in [0.15, 0.2) is 0 Å². The van der Waals surface area contributed by atoms with Crippen molar-refractivity contribution in [3.05, 3.63) is 30.3 Å². The largest absolute Gasteiger partial charge is 0.466 e. The van der Waals surface area contributed by atoms with Crippen LogP contribution < -0.4 is 0 Å². The van der Waals surface area contributed by atoms with Gasteiger partial charge in [0.05, 0.1) is 13.0 Å². The molecule has 1 aliphatic heterocycles. The lowest BCUT2D eigenvalue weighted by Crippen LogP contribution is -2.22. The van der Waals surface area contributed by atoms with E-state index in [1.807, 2.05) is 18.2 Å². The van der Waals surface area contributed by atoms with E-state index in [1.165, 1.54) is 4.90 Å². The quantitative estimate of drug-likeness (QED) is 0.698. The first kappa shape index (κ1) is 9.59. The second-order valence-electron chi connectivity index (χ2n) is 3.27. The molecule has 1 aromatic carbocycles. The van der Waals surface area contributed by atoms with Crippen LogP contribution in [0.4, 0.5) is 0 Å². The van der Waals surface area contributed by atoms with Crippen LogP contribution in [-0.2, 0) is 9.53 Å². The van der Waals surface area contributed by atoms with Crippen LogP contribution in [0.1, 0.15) is 12.8 Å². The number of benzene rings is 1. The molecule has 0 bridgehead atoms. The lowest BCUT2D eigenvalue weighted by atomic mass is 10.2. The van der Waals surface area contributed by atoms with Crippen LogP contribution >= 0.6 is 11.8 Å². The third-order valence-corrected chi connectivity index (χ3v) is 3.42. The van der Waals surface area contributed by atoms with Crippen molar-refractivity contribution in [2.75, 3.05) is 6.61 Å². The van der Waals surface area contributed by atoms with E-state index in [-0.39, 0.29) is 5.97 Å². The Morgan fingerprint density at radius 2 is 2.07 bits per heavy atom. The third kappa shape index (κ3) is 2.51. The smallest absolute Gasteiger partial charge is 0.306 e. The van der Waals surface area contributed by atoms with Crippen LogP contribution in [0.15, 0.2) is 35.2 Å². The Hall–Kier alpha value is -0.960. The molecule has 0 N–H and O–H groups in total. The van der Waals surface area contributed by atoms with Gasteiger partial charge in [-0.1, -0.05) is 18.2 Å². The zero-order chi connectivity index (χ0) is 9.80. The summed E-state index contributed by atoms with van der Waals surface area (Å²) in [5.74, 6) is -0.0651. The van der Waals surface area contributed by atoms with Gasteiger partial charge in [-0.05, 0) is 18.6 Å². The minimum atomic E-state index is -0.0651. The van der Waals surface area contributed by atoms with Gasteiger partial charge in [0.25, 0.3) is 0 Å². The van der Waals surface area contributed by atoms with Crippen LogP contribution in [0, 0.1) is 0 Å². The molecule has 1 heterocycles. The predicted octanol–water partition coefficient (Wildman–Crippen LogP) is 2.48. The molecule has 0 aromatic heterocycles. The number of carbonyl (C=O) groups is 1. The fourth-order valence-corrected chi connectivity index (χ4v) is 2.58. The third-order valence-electron chi connectivity index (χ3n) is 2.14. The molecule has 0 aliphatic carbocycles. The highest BCUT2D eigenvalue weighted by atomic mass is 32.2. The maximum Gasteiger partial charge on any atom is 0.306 e. The highest BCUT2D eigenvalue weighted by Gasteiger charge is 2.21. The van der Waals surface area contributed by atoms with Crippen LogP contribution in [0.3, 0.4) is 0 Å². The zero-order valence-electron chi connectivity index (χ0n) is 7.81. The molecule has 1 aliphatic rings. The molecule has 1 fully saturated rings. The predicted molar refractivity (Wildman–Crippen MR) is 56.3 cm³/mol. The number of thioether (sulfide) groups is 1. The summed E-state index contributed by atoms with van der Waals surface area (Å²) in [6, 6.07) is 10.2. The van der Waals surface area contributed by atoms with Crippen molar-refractivity contribution in [1.82, 2.24) is 0 Å². The van der Waals surface area contributed by atoms with E-state index in [0.29, 0.717) is 18.3 Å². The van der Waals surface area contributed by atoms with Crippen LogP contribution in [0.2, 0.25) is 0 Å². The van der Waals surface area contributed by atoms with Gasteiger partial charge < -0.3 is 4.74 Å². The molecular weight excluding hydrogens is 196 g/mol. The number of hydrogen-bond acceptors (Lipinski definition) is 3. The van der Waals surface area contributed by atoms with Crippen molar-refractivity contribution >= 4 is 17.7 Å². The Bertz CT molecular complexity index is 310. The summed E-state index contributed by atoms with van der Waals surface area (Å²) in [7, 11) is 0. The first-order valence-corrected chi connectivity index (χ1v) is 5.60. The summed E-state index contributed by atoms with van der Waals surface area (Å²) < 4.78 is 4.89. The minimum Gasteiger partial charge on any atom is -0.466 e. The Morgan fingerprint density at radius 1 is 1.29 bits per heavy atom. The second-order valence-corrected chi connectivity index (χ2v) is 4.64. The van der Waals surface area contributed by atoms with Gasteiger partial charge in [0.1, 0.15) is 0 Å². The van der Waals surface area contributed by atoms with Gasteiger partial charge in [0.2, 0.25) is 0 Å². The van der Waals surface area contributed by atoms with Crippen molar-refractivity contribution < 1.29 is 9.53 Å². The average molecular weight is 208 g/mol. The summed E-state index contributed by atoms with van der Waals surface area (Å²) >= 11 is 1.77. The minimum absolute atomic E-state index is 0.0651. The van der Waals surface area contributed by atoms with E-state index in [0.717, 1.165) is 6.42 Å². The normalized spacial score (nSPS) is 21.7. The summed E-state index contributed by atoms with van der Waals surface area (Å²) in [5, 5.41) is 0.388. The van der Waals surface area contributed by atoms with Crippen molar-refractivity contribution in [2.24, 2.45) is 0 Å². The fraction of sp³-hybridized carbons (Fsp3) is 0.364. The summed E-state index contributed by atoms with van der Waals surface area (Å²) in [6.45, 7) is 0.573.